The summed E-state index contributed by atoms with van der Waals surface area (Å²) in [4.78, 5) is 0. The van der Waals surface area contributed by atoms with Gasteiger partial charge in [0.05, 0.1) is 6.61 Å². The van der Waals surface area contributed by atoms with Crippen LogP contribution in [-0.2, 0) is 6.42 Å². The second-order valence-electron chi connectivity index (χ2n) is 10.3. The van der Waals surface area contributed by atoms with E-state index in [1.54, 1.807) is 13.0 Å². The molecule has 0 aliphatic carbocycles. The summed E-state index contributed by atoms with van der Waals surface area (Å²) in [7, 11) is 0. The van der Waals surface area contributed by atoms with Crippen LogP contribution in [0.3, 0.4) is 0 Å². The summed E-state index contributed by atoms with van der Waals surface area (Å²) in [5, 5.41) is 0. The van der Waals surface area contributed by atoms with Gasteiger partial charge in [0.15, 0.2) is 0 Å². The van der Waals surface area contributed by atoms with E-state index in [0.717, 1.165) is 29.9 Å². The van der Waals surface area contributed by atoms with Gasteiger partial charge in [-0.05, 0) is 89.6 Å². The van der Waals surface area contributed by atoms with Crippen molar-refractivity contribution in [1.29, 1.82) is 0 Å². The first-order valence-electron chi connectivity index (χ1n) is 12.6. The Balaban J connectivity index is 0.000000181. The fourth-order valence-electron chi connectivity index (χ4n) is 3.66. The largest absolute Gasteiger partial charge is 0.493 e. The van der Waals surface area contributed by atoms with Crippen LogP contribution >= 0.6 is 0 Å². The Kier molecular flexibility index (Phi) is 10.4. The summed E-state index contributed by atoms with van der Waals surface area (Å²) >= 11 is 0. The minimum Gasteiger partial charge on any atom is -0.493 e. The molecule has 0 atom stereocenters. The van der Waals surface area contributed by atoms with E-state index < -0.39 is 0 Å². The van der Waals surface area contributed by atoms with Crippen LogP contribution in [0, 0.1) is 26.6 Å². The minimum atomic E-state index is -0.101. The van der Waals surface area contributed by atoms with E-state index in [-0.39, 0.29) is 5.82 Å². The second-order valence-corrected chi connectivity index (χ2v) is 10.3. The molecule has 3 aromatic rings. The Morgan fingerprint density at radius 2 is 1.12 bits per heavy atom. The number of rotatable bonds is 3. The van der Waals surface area contributed by atoms with Crippen molar-refractivity contribution in [1.82, 2.24) is 0 Å². The summed E-state index contributed by atoms with van der Waals surface area (Å²) in [6.45, 7) is 20.0. The standard InChI is InChI=1S/C11H14O.C11H16.C10H13F/c1-8(2)9-3-4-11-10(7-9)5-6-12-11;1-8(2)11-6-5-9(3)10(4)7-11;1-7(2)9-5-4-8(3)10(11)6-9/h3-4,7-8H,5-6H2,1-2H3;5-8H,1-4H3;4-7H,1-3H3. The summed E-state index contributed by atoms with van der Waals surface area (Å²) in [6.07, 6.45) is 1.08. The predicted molar refractivity (Wildman–Crippen MR) is 145 cm³/mol. The zero-order valence-corrected chi connectivity index (χ0v) is 22.6. The Morgan fingerprint density at radius 3 is 1.65 bits per heavy atom. The first-order chi connectivity index (χ1) is 16.0. The van der Waals surface area contributed by atoms with E-state index in [4.69, 9.17) is 4.74 Å². The molecule has 1 nitrogen and oxygen atoms in total. The number of hydrogen-bond acceptors (Lipinski definition) is 1. The third-order valence-electron chi connectivity index (χ3n) is 6.44. The van der Waals surface area contributed by atoms with Crippen LogP contribution in [0.25, 0.3) is 0 Å². The van der Waals surface area contributed by atoms with Gasteiger partial charge in [-0.3, -0.25) is 0 Å². The Bertz CT molecular complexity index is 1010. The van der Waals surface area contributed by atoms with Gasteiger partial charge in [-0.15, -0.1) is 0 Å². The van der Waals surface area contributed by atoms with Gasteiger partial charge in [-0.25, -0.2) is 4.39 Å². The summed E-state index contributed by atoms with van der Waals surface area (Å²) < 4.78 is 18.4. The molecular formula is C32H43FO. The molecule has 0 aromatic heterocycles. The molecule has 3 aromatic carbocycles. The van der Waals surface area contributed by atoms with Crippen molar-refractivity contribution in [3.05, 3.63) is 99.4 Å². The third-order valence-corrected chi connectivity index (χ3v) is 6.44. The van der Waals surface area contributed by atoms with Crippen LogP contribution in [0.15, 0.2) is 54.6 Å². The first-order valence-corrected chi connectivity index (χ1v) is 12.6. The van der Waals surface area contributed by atoms with E-state index in [2.05, 4.69) is 91.8 Å². The number of ether oxygens (including phenoxy) is 1. The van der Waals surface area contributed by atoms with E-state index in [0.29, 0.717) is 17.8 Å². The molecule has 1 aliphatic heterocycles. The second kappa shape index (κ2) is 12.7. The number of fused-ring (bicyclic) bond motifs is 1. The molecule has 0 radical (unpaired) electrons. The zero-order chi connectivity index (χ0) is 25.4. The SMILES string of the molecule is CC(C)c1ccc2c(c1)CCO2.Cc1ccc(C(C)C)cc1C.Cc1ccc(C(C)C)cc1F. The molecule has 0 saturated carbocycles. The highest BCUT2D eigenvalue weighted by molar-refractivity contribution is 5.40. The lowest BCUT2D eigenvalue weighted by molar-refractivity contribution is 0.357. The molecule has 1 heterocycles. The fraction of sp³-hybridized carbons (Fsp3) is 0.438. The van der Waals surface area contributed by atoms with Crippen molar-refractivity contribution < 1.29 is 9.13 Å². The first kappa shape index (κ1) is 27.6. The average Bonchev–Trinajstić information content (AvgIpc) is 3.26. The van der Waals surface area contributed by atoms with Gasteiger partial charge >= 0.3 is 0 Å². The Labute approximate surface area is 207 Å². The van der Waals surface area contributed by atoms with E-state index in [9.17, 15) is 4.39 Å². The van der Waals surface area contributed by atoms with E-state index >= 15 is 0 Å². The summed E-state index contributed by atoms with van der Waals surface area (Å²) in [5.41, 5.74) is 8.79. The highest BCUT2D eigenvalue weighted by atomic mass is 19.1. The predicted octanol–water partition coefficient (Wildman–Crippen LogP) is 9.43. The van der Waals surface area contributed by atoms with Gasteiger partial charge in [0.2, 0.25) is 0 Å². The highest BCUT2D eigenvalue weighted by Crippen LogP contribution is 2.28. The van der Waals surface area contributed by atoms with Crippen LogP contribution in [0.5, 0.6) is 5.75 Å². The summed E-state index contributed by atoms with van der Waals surface area (Å²) in [6, 6.07) is 18.6. The van der Waals surface area contributed by atoms with E-state index in [1.807, 2.05) is 12.1 Å². The molecule has 184 valence electrons. The summed E-state index contributed by atoms with van der Waals surface area (Å²) in [5.74, 6) is 2.66. The third kappa shape index (κ3) is 8.01. The van der Waals surface area contributed by atoms with Crippen molar-refractivity contribution in [3.8, 4) is 5.75 Å². The maximum absolute atomic E-state index is 12.9. The van der Waals surface area contributed by atoms with Crippen molar-refractivity contribution in [2.45, 2.75) is 86.5 Å². The molecular weight excluding hydrogens is 419 g/mol. The highest BCUT2D eigenvalue weighted by Gasteiger charge is 2.12. The maximum Gasteiger partial charge on any atom is 0.126 e. The van der Waals surface area contributed by atoms with Crippen molar-refractivity contribution in [2.24, 2.45) is 0 Å². The molecule has 34 heavy (non-hydrogen) atoms. The number of benzene rings is 3. The van der Waals surface area contributed by atoms with Gasteiger partial charge in [0.1, 0.15) is 11.6 Å². The minimum absolute atomic E-state index is 0.101. The molecule has 0 amide bonds. The molecule has 0 spiro atoms. The molecule has 1 aliphatic rings. The molecule has 0 N–H and O–H groups in total. The van der Waals surface area contributed by atoms with E-state index in [1.165, 1.54) is 27.8 Å². The van der Waals surface area contributed by atoms with Crippen LogP contribution in [0.1, 0.15) is 98.2 Å². The molecule has 0 unspecified atom stereocenters. The van der Waals surface area contributed by atoms with Gasteiger partial charge in [-0.1, -0.05) is 84.0 Å². The topological polar surface area (TPSA) is 9.23 Å². The molecule has 0 bridgehead atoms. The monoisotopic (exact) mass is 462 g/mol. The van der Waals surface area contributed by atoms with Crippen LogP contribution in [0.2, 0.25) is 0 Å². The van der Waals surface area contributed by atoms with Gasteiger partial charge < -0.3 is 4.74 Å². The molecule has 0 fully saturated rings. The average molecular weight is 463 g/mol. The number of halogens is 1. The molecule has 2 heteroatoms. The smallest absolute Gasteiger partial charge is 0.126 e. The van der Waals surface area contributed by atoms with Crippen molar-refractivity contribution in [3.63, 3.8) is 0 Å². The van der Waals surface area contributed by atoms with Crippen molar-refractivity contribution in [2.75, 3.05) is 6.61 Å². The van der Waals surface area contributed by atoms with Gasteiger partial charge in [0, 0.05) is 6.42 Å². The van der Waals surface area contributed by atoms with Gasteiger partial charge in [0.25, 0.3) is 0 Å². The molecule has 4 rings (SSSR count). The van der Waals surface area contributed by atoms with Crippen molar-refractivity contribution >= 4 is 0 Å². The fourth-order valence-corrected chi connectivity index (χ4v) is 3.66. The maximum atomic E-state index is 12.9. The zero-order valence-electron chi connectivity index (χ0n) is 22.6. The number of hydrogen-bond donors (Lipinski definition) is 0. The normalized spacial score (nSPS) is 12.0. The number of aryl methyl sites for hydroxylation is 3. The lowest BCUT2D eigenvalue weighted by Crippen LogP contribution is -1.90. The lowest BCUT2D eigenvalue weighted by Gasteiger charge is -2.07. The lowest BCUT2D eigenvalue weighted by atomic mass is 9.99. The van der Waals surface area contributed by atoms with Crippen LogP contribution in [0.4, 0.5) is 4.39 Å². The van der Waals surface area contributed by atoms with Crippen LogP contribution in [-0.4, -0.2) is 6.61 Å². The van der Waals surface area contributed by atoms with Crippen LogP contribution < -0.4 is 4.74 Å². The Hall–Kier alpha value is -2.61. The van der Waals surface area contributed by atoms with Gasteiger partial charge in [-0.2, -0.15) is 0 Å². The Morgan fingerprint density at radius 1 is 0.618 bits per heavy atom. The molecule has 0 saturated heterocycles. The quantitative estimate of drug-likeness (QED) is 0.376.